The van der Waals surface area contributed by atoms with Gasteiger partial charge in [0.15, 0.2) is 0 Å². The third kappa shape index (κ3) is 6.17. The Morgan fingerprint density at radius 3 is 2.14 bits per heavy atom. The standard InChI is InChI=1S/C26H23F4NO4/c1-26(2,3)35-23(32)14-31(25(33)24-20(29)11-17(28)12-21(24)30)18-7-5-6-15(10-18)19-9-8-16(27)13-22(19)34-4/h5-13H,14H2,1-4H3. The molecule has 184 valence electrons. The van der Waals surface area contributed by atoms with Crippen LogP contribution in [0.25, 0.3) is 11.1 Å². The number of hydrogen-bond donors (Lipinski definition) is 0. The van der Waals surface area contributed by atoms with Crippen molar-refractivity contribution in [2.75, 3.05) is 18.6 Å². The first-order valence-electron chi connectivity index (χ1n) is 10.5. The minimum absolute atomic E-state index is 0.0906. The quantitative estimate of drug-likeness (QED) is 0.319. The number of carbonyl (C=O) groups is 2. The molecule has 1 amide bonds. The first-order valence-corrected chi connectivity index (χ1v) is 10.5. The van der Waals surface area contributed by atoms with Crippen LogP contribution in [0.5, 0.6) is 5.75 Å². The number of esters is 1. The zero-order valence-electron chi connectivity index (χ0n) is 19.5. The van der Waals surface area contributed by atoms with Crippen LogP contribution in [0, 0.1) is 23.3 Å². The van der Waals surface area contributed by atoms with E-state index < -0.39 is 52.9 Å². The molecule has 0 aromatic heterocycles. The summed E-state index contributed by atoms with van der Waals surface area (Å²) in [5.74, 6) is -6.39. The van der Waals surface area contributed by atoms with Gasteiger partial charge in [-0.15, -0.1) is 0 Å². The summed E-state index contributed by atoms with van der Waals surface area (Å²) in [5.41, 5.74) is -0.879. The van der Waals surface area contributed by atoms with E-state index in [2.05, 4.69) is 0 Å². The summed E-state index contributed by atoms with van der Waals surface area (Å²) in [6.07, 6.45) is 0. The van der Waals surface area contributed by atoms with Crippen LogP contribution >= 0.6 is 0 Å². The number of ether oxygens (including phenoxy) is 2. The van der Waals surface area contributed by atoms with Gasteiger partial charge in [0.25, 0.3) is 5.91 Å². The number of halogens is 4. The lowest BCUT2D eigenvalue weighted by Crippen LogP contribution is -2.39. The molecule has 0 heterocycles. The highest BCUT2D eigenvalue weighted by atomic mass is 19.1. The van der Waals surface area contributed by atoms with E-state index in [1.807, 2.05) is 0 Å². The maximum atomic E-state index is 14.4. The molecule has 0 fully saturated rings. The van der Waals surface area contributed by atoms with Gasteiger partial charge in [-0.3, -0.25) is 14.5 Å². The SMILES string of the molecule is COc1cc(F)ccc1-c1cccc(N(CC(=O)OC(C)(C)C)C(=O)c2c(F)cc(F)cc2F)c1. The minimum Gasteiger partial charge on any atom is -0.496 e. The van der Waals surface area contributed by atoms with Gasteiger partial charge in [-0.25, -0.2) is 17.6 Å². The molecule has 0 bridgehead atoms. The molecule has 35 heavy (non-hydrogen) atoms. The Balaban J connectivity index is 2.10. The summed E-state index contributed by atoms with van der Waals surface area (Å²) in [5, 5.41) is 0. The van der Waals surface area contributed by atoms with Gasteiger partial charge in [-0.05, 0) is 50.6 Å². The molecule has 0 N–H and O–H groups in total. The van der Waals surface area contributed by atoms with Crippen LogP contribution < -0.4 is 9.64 Å². The van der Waals surface area contributed by atoms with Crippen LogP contribution in [-0.4, -0.2) is 31.1 Å². The number of methoxy groups -OCH3 is 1. The fourth-order valence-corrected chi connectivity index (χ4v) is 3.41. The fourth-order valence-electron chi connectivity index (χ4n) is 3.41. The van der Waals surface area contributed by atoms with Crippen molar-refractivity contribution in [1.29, 1.82) is 0 Å². The number of benzene rings is 3. The Morgan fingerprint density at radius 1 is 0.886 bits per heavy atom. The van der Waals surface area contributed by atoms with Gasteiger partial charge >= 0.3 is 5.97 Å². The molecule has 0 aliphatic rings. The molecule has 0 saturated carbocycles. The smallest absolute Gasteiger partial charge is 0.326 e. The van der Waals surface area contributed by atoms with E-state index in [0.717, 1.165) is 4.90 Å². The van der Waals surface area contributed by atoms with Gasteiger partial charge in [0, 0.05) is 29.4 Å². The Kier molecular flexibility index (Phi) is 7.48. The summed E-state index contributed by atoms with van der Waals surface area (Å²) in [7, 11) is 1.36. The number of anilines is 1. The van der Waals surface area contributed by atoms with E-state index in [0.29, 0.717) is 23.3 Å². The lowest BCUT2D eigenvalue weighted by atomic mass is 10.0. The third-order valence-electron chi connectivity index (χ3n) is 4.81. The Labute approximate surface area is 199 Å². The molecule has 0 aliphatic carbocycles. The summed E-state index contributed by atoms with van der Waals surface area (Å²) in [4.78, 5) is 26.7. The average molecular weight is 489 g/mol. The molecule has 0 atom stereocenters. The van der Waals surface area contributed by atoms with Crippen molar-refractivity contribution in [2.24, 2.45) is 0 Å². The highest BCUT2D eigenvalue weighted by Crippen LogP contribution is 2.33. The predicted molar refractivity (Wildman–Crippen MR) is 122 cm³/mol. The molecule has 9 heteroatoms. The molecular weight excluding hydrogens is 466 g/mol. The molecule has 5 nitrogen and oxygen atoms in total. The van der Waals surface area contributed by atoms with Crippen LogP contribution in [0.4, 0.5) is 23.2 Å². The van der Waals surface area contributed by atoms with E-state index in [1.54, 1.807) is 32.9 Å². The van der Waals surface area contributed by atoms with Gasteiger partial charge in [0.05, 0.1) is 7.11 Å². The first kappa shape index (κ1) is 25.7. The fraction of sp³-hybridized carbons (Fsp3) is 0.231. The number of amides is 1. The van der Waals surface area contributed by atoms with Crippen molar-refractivity contribution in [3.8, 4) is 16.9 Å². The Morgan fingerprint density at radius 2 is 1.54 bits per heavy atom. The van der Waals surface area contributed by atoms with E-state index in [9.17, 15) is 27.2 Å². The van der Waals surface area contributed by atoms with Gasteiger partial charge in [-0.2, -0.15) is 0 Å². The van der Waals surface area contributed by atoms with Gasteiger partial charge in [0.2, 0.25) is 0 Å². The monoisotopic (exact) mass is 489 g/mol. The second-order valence-corrected chi connectivity index (χ2v) is 8.62. The average Bonchev–Trinajstić information content (AvgIpc) is 2.75. The zero-order chi connectivity index (χ0) is 25.9. The molecule has 3 rings (SSSR count). The minimum atomic E-state index is -1.42. The third-order valence-corrected chi connectivity index (χ3v) is 4.81. The molecular formula is C26H23F4NO4. The summed E-state index contributed by atoms with van der Waals surface area (Å²) >= 11 is 0. The largest absolute Gasteiger partial charge is 0.496 e. The second-order valence-electron chi connectivity index (χ2n) is 8.62. The number of rotatable bonds is 6. The molecule has 0 spiro atoms. The van der Waals surface area contributed by atoms with Gasteiger partial charge < -0.3 is 9.47 Å². The number of carbonyl (C=O) groups excluding carboxylic acids is 2. The van der Waals surface area contributed by atoms with E-state index in [-0.39, 0.29) is 11.4 Å². The molecule has 3 aromatic carbocycles. The van der Waals surface area contributed by atoms with E-state index in [4.69, 9.17) is 9.47 Å². The zero-order valence-corrected chi connectivity index (χ0v) is 19.5. The number of nitrogens with zero attached hydrogens (tertiary/aromatic N) is 1. The predicted octanol–water partition coefficient (Wildman–Crippen LogP) is 5.91. The number of hydrogen-bond acceptors (Lipinski definition) is 4. The van der Waals surface area contributed by atoms with E-state index >= 15 is 0 Å². The summed E-state index contributed by atoms with van der Waals surface area (Å²) < 4.78 is 66.4. The van der Waals surface area contributed by atoms with Crippen LogP contribution in [-0.2, 0) is 9.53 Å². The Hall–Kier alpha value is -3.88. The van der Waals surface area contributed by atoms with Crippen LogP contribution in [0.2, 0.25) is 0 Å². The molecule has 0 saturated heterocycles. The van der Waals surface area contributed by atoms with Crippen LogP contribution in [0.15, 0.2) is 54.6 Å². The normalized spacial score (nSPS) is 11.2. The molecule has 0 unspecified atom stereocenters. The Bertz CT molecular complexity index is 1250. The van der Waals surface area contributed by atoms with Gasteiger partial charge in [0.1, 0.15) is 46.7 Å². The highest BCUT2D eigenvalue weighted by Gasteiger charge is 2.29. The van der Waals surface area contributed by atoms with Gasteiger partial charge in [-0.1, -0.05) is 12.1 Å². The first-order chi connectivity index (χ1) is 16.4. The van der Waals surface area contributed by atoms with E-state index in [1.165, 1.54) is 37.4 Å². The van der Waals surface area contributed by atoms with Crippen molar-refractivity contribution in [3.05, 3.63) is 83.4 Å². The van der Waals surface area contributed by atoms with Crippen molar-refractivity contribution < 1.29 is 36.6 Å². The van der Waals surface area contributed by atoms with Crippen LogP contribution in [0.3, 0.4) is 0 Å². The summed E-state index contributed by atoms with van der Waals surface area (Å²) in [6.45, 7) is 4.18. The molecule has 0 radical (unpaired) electrons. The highest BCUT2D eigenvalue weighted by molar-refractivity contribution is 6.09. The molecule has 0 aliphatic heterocycles. The van der Waals surface area contributed by atoms with Crippen molar-refractivity contribution >= 4 is 17.6 Å². The van der Waals surface area contributed by atoms with Crippen LogP contribution in [0.1, 0.15) is 31.1 Å². The molecule has 3 aromatic rings. The maximum absolute atomic E-state index is 14.4. The summed E-state index contributed by atoms with van der Waals surface area (Å²) in [6, 6.07) is 10.7. The lowest BCUT2D eigenvalue weighted by Gasteiger charge is -2.26. The van der Waals surface area contributed by atoms with Crippen molar-refractivity contribution in [2.45, 2.75) is 26.4 Å². The maximum Gasteiger partial charge on any atom is 0.326 e. The van der Waals surface area contributed by atoms with Crippen molar-refractivity contribution in [1.82, 2.24) is 0 Å². The second kappa shape index (κ2) is 10.2. The lowest BCUT2D eigenvalue weighted by molar-refractivity contribution is -0.152. The van der Waals surface area contributed by atoms with Crippen molar-refractivity contribution in [3.63, 3.8) is 0 Å². The topological polar surface area (TPSA) is 55.8 Å².